The van der Waals surface area contributed by atoms with E-state index in [1.807, 2.05) is 0 Å². The Labute approximate surface area is 291 Å². The van der Waals surface area contributed by atoms with Gasteiger partial charge in [-0.2, -0.15) is 5.10 Å². The average molecular weight is 642 g/mol. The molecule has 0 amide bonds. The van der Waals surface area contributed by atoms with Crippen molar-refractivity contribution < 1.29 is 0 Å². The fraction of sp³-hybridized carbons (Fsp3) is 0.556. The van der Waals surface area contributed by atoms with Crippen LogP contribution in [0.25, 0.3) is 33.6 Å². The lowest BCUT2D eigenvalue weighted by Gasteiger charge is -2.48. The number of rotatable bonds is 15. The molecule has 2 fully saturated rings. The molecule has 2 saturated carbocycles. The maximum Gasteiger partial charge on any atom is 0.158 e. The van der Waals surface area contributed by atoms with E-state index in [0.717, 1.165) is 24.5 Å². The highest BCUT2D eigenvalue weighted by Crippen LogP contribution is 2.70. The number of hydrogen-bond donors (Lipinski definition) is 0. The van der Waals surface area contributed by atoms with Gasteiger partial charge in [0.25, 0.3) is 0 Å². The van der Waals surface area contributed by atoms with E-state index in [1.165, 1.54) is 148 Å². The third kappa shape index (κ3) is 5.88. The molecule has 254 valence electrons. The predicted octanol–water partition coefficient (Wildman–Crippen LogP) is 12.3. The summed E-state index contributed by atoms with van der Waals surface area (Å²) in [7, 11) is 2.10. The molecule has 48 heavy (non-hydrogen) atoms. The van der Waals surface area contributed by atoms with E-state index in [1.54, 1.807) is 11.1 Å². The molecule has 0 N–H and O–H groups in total. The third-order valence-electron chi connectivity index (χ3n) is 12.5. The molecule has 0 radical (unpaired) electrons. The summed E-state index contributed by atoms with van der Waals surface area (Å²) in [6, 6.07) is 22.3. The van der Waals surface area contributed by atoms with Gasteiger partial charge in [-0.25, -0.2) is 9.67 Å². The van der Waals surface area contributed by atoms with Crippen LogP contribution < -0.4 is 0 Å². The monoisotopic (exact) mass is 641 g/mol. The van der Waals surface area contributed by atoms with E-state index in [0.29, 0.717) is 0 Å². The van der Waals surface area contributed by atoms with E-state index in [-0.39, 0.29) is 10.8 Å². The number of aromatic nitrogens is 3. The summed E-state index contributed by atoms with van der Waals surface area (Å²) in [5, 5.41) is 4.90. The summed E-state index contributed by atoms with van der Waals surface area (Å²) < 4.78 is 2.07. The molecule has 3 aromatic carbocycles. The van der Waals surface area contributed by atoms with Crippen molar-refractivity contribution in [1.82, 2.24) is 14.8 Å². The van der Waals surface area contributed by atoms with Crippen LogP contribution in [0.1, 0.15) is 152 Å². The zero-order valence-electron chi connectivity index (χ0n) is 30.5. The van der Waals surface area contributed by atoms with Gasteiger partial charge in [-0.15, -0.1) is 0 Å². The van der Waals surface area contributed by atoms with Gasteiger partial charge >= 0.3 is 0 Å². The van der Waals surface area contributed by atoms with E-state index < -0.39 is 0 Å². The molecular formula is C45H59N3. The van der Waals surface area contributed by atoms with Crippen LogP contribution in [0.15, 0.2) is 54.6 Å². The van der Waals surface area contributed by atoms with E-state index in [2.05, 4.69) is 87.1 Å². The standard InChI is InChI=1S/C45H59N3/c1-5-8-11-13-18-33-29-34(19-14-12-9-6-2)31-36(30-33)35-23-24-37-38-20-15-21-39(43-46-41(22-10-7-3)47-48(43)4)42(38)45-27-16-25-44(45,26-17-28-45)40(37)32-35/h15,20-21,23-24,29-32H,5-14,16-19,22,25-28H2,1-4H3. The van der Waals surface area contributed by atoms with Crippen LogP contribution in [0.3, 0.4) is 0 Å². The Kier molecular flexibility index (Phi) is 9.95. The summed E-state index contributed by atoms with van der Waals surface area (Å²) in [4.78, 5) is 5.19. The van der Waals surface area contributed by atoms with Gasteiger partial charge in [-0.1, -0.05) is 127 Å². The van der Waals surface area contributed by atoms with Gasteiger partial charge in [0.05, 0.1) is 0 Å². The third-order valence-corrected chi connectivity index (χ3v) is 12.5. The van der Waals surface area contributed by atoms with Crippen molar-refractivity contribution in [2.75, 3.05) is 0 Å². The Hall–Kier alpha value is -3.20. The van der Waals surface area contributed by atoms with Gasteiger partial charge in [0.2, 0.25) is 0 Å². The van der Waals surface area contributed by atoms with Crippen LogP contribution in [0.4, 0.5) is 0 Å². The van der Waals surface area contributed by atoms with Crippen molar-refractivity contribution in [1.29, 1.82) is 0 Å². The minimum absolute atomic E-state index is 0.186. The number of fused-ring (bicyclic) bond motifs is 3. The number of benzene rings is 3. The van der Waals surface area contributed by atoms with Crippen molar-refractivity contribution in [3.8, 4) is 33.6 Å². The second-order valence-electron chi connectivity index (χ2n) is 15.6. The summed E-state index contributed by atoms with van der Waals surface area (Å²) in [5.41, 5.74) is 13.8. The highest BCUT2D eigenvalue weighted by molar-refractivity contribution is 5.86. The number of hydrogen-bond acceptors (Lipinski definition) is 2. The fourth-order valence-electron chi connectivity index (χ4n) is 10.3. The molecule has 0 atom stereocenters. The Morgan fingerprint density at radius 3 is 1.92 bits per heavy atom. The zero-order chi connectivity index (χ0) is 33.1. The Morgan fingerprint density at radius 2 is 1.25 bits per heavy atom. The molecule has 0 aliphatic heterocycles. The largest absolute Gasteiger partial charge is 0.249 e. The molecule has 1 heterocycles. The first kappa shape index (κ1) is 33.3. The first-order valence-electron chi connectivity index (χ1n) is 19.9. The molecular weight excluding hydrogens is 583 g/mol. The van der Waals surface area contributed by atoms with E-state index >= 15 is 0 Å². The minimum Gasteiger partial charge on any atom is -0.249 e. The first-order chi connectivity index (χ1) is 23.5. The van der Waals surface area contributed by atoms with Crippen molar-refractivity contribution >= 4 is 0 Å². The molecule has 7 rings (SSSR count). The van der Waals surface area contributed by atoms with Gasteiger partial charge in [-0.3, -0.25) is 0 Å². The molecule has 3 aliphatic carbocycles. The Balaban J connectivity index is 1.32. The summed E-state index contributed by atoms with van der Waals surface area (Å²) in [6.45, 7) is 6.87. The van der Waals surface area contributed by atoms with Crippen molar-refractivity contribution in [2.24, 2.45) is 7.05 Å². The lowest BCUT2D eigenvalue weighted by Crippen LogP contribution is -2.44. The minimum atomic E-state index is 0.186. The first-order valence-corrected chi connectivity index (χ1v) is 19.9. The molecule has 0 spiro atoms. The fourth-order valence-corrected chi connectivity index (χ4v) is 10.3. The smallest absolute Gasteiger partial charge is 0.158 e. The second kappa shape index (κ2) is 14.3. The zero-order valence-corrected chi connectivity index (χ0v) is 30.5. The van der Waals surface area contributed by atoms with Crippen molar-refractivity contribution in [3.05, 3.63) is 82.7 Å². The maximum atomic E-state index is 5.19. The number of nitrogens with zero attached hydrogens (tertiary/aromatic N) is 3. The molecule has 4 aromatic rings. The van der Waals surface area contributed by atoms with Crippen LogP contribution in [-0.2, 0) is 37.1 Å². The molecule has 3 heteroatoms. The predicted molar refractivity (Wildman–Crippen MR) is 203 cm³/mol. The van der Waals surface area contributed by atoms with Gasteiger partial charge in [0.1, 0.15) is 0 Å². The molecule has 1 aromatic heterocycles. The quantitative estimate of drug-likeness (QED) is 0.121. The number of aryl methyl sites for hydroxylation is 4. The SMILES string of the molecule is CCCCCCc1cc(CCCCCC)cc(-c2ccc3c(c2)C24CCCC2(CCC4)c2c-3cccc2-c2nc(CCCC)nn2C)c1. The van der Waals surface area contributed by atoms with Gasteiger partial charge < -0.3 is 0 Å². The van der Waals surface area contributed by atoms with Gasteiger partial charge in [0, 0.05) is 29.9 Å². The van der Waals surface area contributed by atoms with Crippen LogP contribution in [-0.4, -0.2) is 14.8 Å². The number of unbranched alkanes of at least 4 members (excludes halogenated alkanes) is 7. The topological polar surface area (TPSA) is 30.7 Å². The van der Waals surface area contributed by atoms with Crippen LogP contribution in [0.5, 0.6) is 0 Å². The highest BCUT2D eigenvalue weighted by Gasteiger charge is 2.63. The highest BCUT2D eigenvalue weighted by atomic mass is 15.3. The van der Waals surface area contributed by atoms with Gasteiger partial charge in [0.15, 0.2) is 11.6 Å². The molecule has 3 aliphatic rings. The van der Waals surface area contributed by atoms with Crippen molar-refractivity contribution in [2.45, 2.75) is 154 Å². The van der Waals surface area contributed by atoms with Crippen molar-refractivity contribution in [3.63, 3.8) is 0 Å². The van der Waals surface area contributed by atoms with Gasteiger partial charge in [-0.05, 0) is 108 Å². The lowest BCUT2D eigenvalue weighted by molar-refractivity contribution is 0.300. The molecule has 0 unspecified atom stereocenters. The maximum absolute atomic E-state index is 5.19. The Morgan fingerprint density at radius 1 is 0.604 bits per heavy atom. The van der Waals surface area contributed by atoms with Crippen LogP contribution in [0.2, 0.25) is 0 Å². The normalized spacial score (nSPS) is 20.8. The average Bonchev–Trinajstić information content (AvgIpc) is 3.79. The molecule has 0 bridgehead atoms. The van der Waals surface area contributed by atoms with Crippen LogP contribution in [0, 0.1) is 0 Å². The second-order valence-corrected chi connectivity index (χ2v) is 15.6. The summed E-state index contributed by atoms with van der Waals surface area (Å²) in [5.74, 6) is 2.05. The summed E-state index contributed by atoms with van der Waals surface area (Å²) >= 11 is 0. The van der Waals surface area contributed by atoms with E-state index in [4.69, 9.17) is 10.1 Å². The lowest BCUT2D eigenvalue weighted by atomic mass is 9.54. The van der Waals surface area contributed by atoms with Crippen LogP contribution >= 0.6 is 0 Å². The summed E-state index contributed by atoms with van der Waals surface area (Å²) in [6.07, 6.45) is 24.0. The molecule has 3 nitrogen and oxygen atoms in total. The van der Waals surface area contributed by atoms with E-state index in [9.17, 15) is 0 Å². The molecule has 0 saturated heterocycles. The Bertz CT molecular complexity index is 1680.